The molecule has 0 saturated carbocycles. The van der Waals surface area contributed by atoms with Gasteiger partial charge in [-0.1, -0.05) is 61.5 Å². The minimum Gasteiger partial charge on any atom is -0.743 e. The second-order valence-corrected chi connectivity index (χ2v) is 12.4. The van der Waals surface area contributed by atoms with Gasteiger partial charge in [-0.15, -0.1) is 4.57 Å². The molecule has 6 rings (SSSR count). The summed E-state index contributed by atoms with van der Waals surface area (Å²) >= 11 is 0. The van der Waals surface area contributed by atoms with Gasteiger partial charge in [0.2, 0.25) is 17.3 Å². The Morgan fingerprint density at radius 2 is 1.60 bits per heavy atom. The number of aromatic nitrogens is 1. The zero-order valence-corrected chi connectivity index (χ0v) is 26.4. The van der Waals surface area contributed by atoms with Crippen molar-refractivity contribution >= 4 is 64.6 Å². The van der Waals surface area contributed by atoms with Crippen LogP contribution in [-0.2, 0) is 26.1 Å². The topological polar surface area (TPSA) is 141 Å². The number of allylic oxidation sites excluding steroid dienone is 2. The molecule has 13 heteroatoms. The molecular formula is C29H24N2NaO8S2+. The molecule has 1 N–H and O–H groups in total. The van der Waals surface area contributed by atoms with E-state index in [1.807, 2.05) is 67.6 Å². The summed E-state index contributed by atoms with van der Waals surface area (Å²) in [6, 6.07) is 21.9. The van der Waals surface area contributed by atoms with Crippen LogP contribution in [0.3, 0.4) is 0 Å². The molecule has 0 fully saturated rings. The van der Waals surface area contributed by atoms with Crippen LogP contribution in [0.25, 0.3) is 38.7 Å². The predicted molar refractivity (Wildman–Crippen MR) is 153 cm³/mol. The minimum atomic E-state index is -4.70. The molecule has 0 spiro atoms. The number of fused-ring (bicyclic) bond motifs is 6. The molecule has 5 aromatic rings. The average molecular weight is 616 g/mol. The second kappa shape index (κ2) is 11.5. The first-order valence-corrected chi connectivity index (χ1v) is 15.8. The molecule has 1 aliphatic rings. The number of oxazole rings is 1. The fourth-order valence-electron chi connectivity index (χ4n) is 5.10. The first-order valence-electron chi connectivity index (χ1n) is 12.6. The molecule has 0 aliphatic carbocycles. The van der Waals surface area contributed by atoms with Gasteiger partial charge in [0.15, 0.2) is 21.7 Å². The molecule has 1 aliphatic heterocycles. The van der Waals surface area contributed by atoms with Crippen LogP contribution in [0.1, 0.15) is 19.2 Å². The predicted octanol–water partition coefficient (Wildman–Crippen LogP) is 1.91. The van der Waals surface area contributed by atoms with E-state index < -0.39 is 32.0 Å². The zero-order chi connectivity index (χ0) is 28.9. The number of rotatable bonds is 7. The Bertz CT molecular complexity index is 2140. The van der Waals surface area contributed by atoms with Crippen LogP contribution >= 0.6 is 0 Å². The summed E-state index contributed by atoms with van der Waals surface area (Å²) in [6.07, 6.45) is 3.59. The normalized spacial score (nSPS) is 14.9. The standard InChI is InChI=1S/C29H24N2O8S2.Na/c1-2-19(15-26-30(17-40(32,33)34)28-22-9-5-3-7-20(22)11-13-24(28)38-26)16-27-31(18-41(35,36)37)29-23-10-6-4-8-21(23)12-14-25(29)39-27;/h3-16H,2,17-18H2,1H3,(H-,32,33,34,35,36,37);/q;+1. The van der Waals surface area contributed by atoms with Crippen molar-refractivity contribution < 1.29 is 69.2 Å². The molecule has 0 atom stereocenters. The van der Waals surface area contributed by atoms with Gasteiger partial charge in [-0.05, 0) is 41.0 Å². The first-order chi connectivity index (χ1) is 19.5. The van der Waals surface area contributed by atoms with Crippen molar-refractivity contribution in [2.45, 2.75) is 19.2 Å². The Morgan fingerprint density at radius 1 is 0.952 bits per heavy atom. The van der Waals surface area contributed by atoms with Crippen LogP contribution in [0.4, 0.5) is 5.69 Å². The first kappa shape index (κ1) is 30.2. The van der Waals surface area contributed by atoms with Gasteiger partial charge >= 0.3 is 35.4 Å². The molecule has 10 nitrogen and oxygen atoms in total. The molecule has 0 radical (unpaired) electrons. The summed E-state index contributed by atoms with van der Waals surface area (Å²) in [6.45, 7) is 1.85. The van der Waals surface area contributed by atoms with E-state index in [2.05, 4.69) is 0 Å². The van der Waals surface area contributed by atoms with Crippen LogP contribution in [0.15, 0.2) is 94.7 Å². The van der Waals surface area contributed by atoms with Crippen LogP contribution in [0, 0.1) is 0 Å². The van der Waals surface area contributed by atoms with Gasteiger partial charge in [-0.2, -0.15) is 8.42 Å². The fourth-order valence-corrected chi connectivity index (χ4v) is 6.26. The maximum atomic E-state index is 12.0. The van der Waals surface area contributed by atoms with E-state index in [1.165, 1.54) is 9.47 Å². The molecule has 0 amide bonds. The van der Waals surface area contributed by atoms with E-state index in [4.69, 9.17) is 9.15 Å². The summed E-state index contributed by atoms with van der Waals surface area (Å²) in [5, 5.41) is 3.16. The van der Waals surface area contributed by atoms with Gasteiger partial charge in [-0.25, -0.2) is 8.42 Å². The zero-order valence-electron chi connectivity index (χ0n) is 22.7. The van der Waals surface area contributed by atoms with E-state index in [0.29, 0.717) is 39.9 Å². The number of benzene rings is 4. The van der Waals surface area contributed by atoms with Crippen LogP contribution < -0.4 is 43.8 Å². The van der Waals surface area contributed by atoms with E-state index >= 15 is 0 Å². The number of ether oxygens (including phenoxy) is 1. The van der Waals surface area contributed by atoms with Crippen molar-refractivity contribution in [2.24, 2.45) is 0 Å². The smallest absolute Gasteiger partial charge is 0.743 e. The molecule has 42 heavy (non-hydrogen) atoms. The molecule has 210 valence electrons. The quantitative estimate of drug-likeness (QED) is 0.165. The molecule has 0 saturated heterocycles. The Morgan fingerprint density at radius 3 is 2.26 bits per heavy atom. The number of hydrogen-bond donors (Lipinski definition) is 1. The third-order valence-electron chi connectivity index (χ3n) is 6.83. The van der Waals surface area contributed by atoms with Gasteiger partial charge in [0.05, 0.1) is 17.1 Å². The monoisotopic (exact) mass is 615 g/mol. The van der Waals surface area contributed by atoms with E-state index in [1.54, 1.807) is 24.3 Å². The third-order valence-corrected chi connectivity index (χ3v) is 7.99. The number of hydrogen-bond acceptors (Lipinski definition) is 8. The van der Waals surface area contributed by atoms with Crippen LogP contribution in [-0.4, -0.2) is 31.8 Å². The summed E-state index contributed by atoms with van der Waals surface area (Å²) in [5.41, 5.74) is 1.93. The average Bonchev–Trinajstić information content (AvgIpc) is 3.43. The molecular weight excluding hydrogens is 591 g/mol. The van der Waals surface area contributed by atoms with Gasteiger partial charge in [0.25, 0.3) is 15.6 Å². The molecule has 1 aromatic heterocycles. The van der Waals surface area contributed by atoms with Crippen molar-refractivity contribution in [3.63, 3.8) is 0 Å². The van der Waals surface area contributed by atoms with E-state index in [0.717, 1.165) is 16.2 Å². The van der Waals surface area contributed by atoms with Crippen LogP contribution in [0.5, 0.6) is 5.75 Å². The molecule has 0 unspecified atom stereocenters. The van der Waals surface area contributed by atoms with Gasteiger partial charge in [0, 0.05) is 11.5 Å². The molecule has 2 heterocycles. The summed E-state index contributed by atoms with van der Waals surface area (Å²) in [7, 11) is -9.16. The fraction of sp³-hybridized carbons (Fsp3) is 0.138. The number of anilines is 1. The van der Waals surface area contributed by atoms with Crippen molar-refractivity contribution in [2.75, 3.05) is 10.8 Å². The second-order valence-electron chi connectivity index (χ2n) is 9.62. The van der Waals surface area contributed by atoms with Gasteiger partial charge < -0.3 is 13.7 Å². The molecule has 0 bridgehead atoms. The van der Waals surface area contributed by atoms with Crippen LogP contribution in [0.2, 0.25) is 0 Å². The van der Waals surface area contributed by atoms with E-state index in [9.17, 15) is 25.9 Å². The third kappa shape index (κ3) is 5.97. The van der Waals surface area contributed by atoms with E-state index in [-0.39, 0.29) is 41.3 Å². The van der Waals surface area contributed by atoms with Crippen molar-refractivity contribution in [1.29, 1.82) is 0 Å². The largest absolute Gasteiger partial charge is 1.00 e. The van der Waals surface area contributed by atoms with Gasteiger partial charge in [0.1, 0.15) is 0 Å². The Labute approximate surface area is 264 Å². The Balaban J connectivity index is 0.00000353. The summed E-state index contributed by atoms with van der Waals surface area (Å²) in [5.74, 6) is -0.923. The maximum absolute atomic E-state index is 12.0. The van der Waals surface area contributed by atoms with Crippen molar-refractivity contribution in [3.05, 3.63) is 96.2 Å². The summed E-state index contributed by atoms with van der Waals surface area (Å²) < 4.78 is 83.0. The maximum Gasteiger partial charge on any atom is 1.00 e. The van der Waals surface area contributed by atoms with Crippen molar-refractivity contribution in [3.8, 4) is 5.75 Å². The summed E-state index contributed by atoms with van der Waals surface area (Å²) in [4.78, 5) is 1.37. The van der Waals surface area contributed by atoms with Gasteiger partial charge in [-0.3, -0.25) is 9.45 Å². The molecule has 4 aromatic carbocycles. The SMILES string of the molecule is CCC(/C=C1\Oc2ccc3ccccc3c2N1CS(=O)(=O)O)=C\c1oc2ccc3ccccc3c2[n+]1CS(=O)(=O)[O-].[Na+]. The minimum absolute atomic E-state index is 0. The number of nitrogens with zero attached hydrogens (tertiary/aromatic N) is 2. The Kier molecular flexibility index (Phi) is 8.25. The Hall–Kier alpha value is -3.23. The van der Waals surface area contributed by atoms with Crippen molar-refractivity contribution in [1.82, 2.24) is 0 Å².